The molecule has 0 saturated carbocycles. The van der Waals surface area contributed by atoms with Crippen molar-refractivity contribution in [3.63, 3.8) is 0 Å². The number of aromatic hydroxyl groups is 1. The van der Waals surface area contributed by atoms with Crippen LogP contribution >= 0.6 is 0 Å². The Morgan fingerprint density at radius 1 is 0.938 bits per heavy atom. The van der Waals surface area contributed by atoms with E-state index in [2.05, 4.69) is 15.6 Å². The monoisotopic (exact) mass is 434 g/mol. The van der Waals surface area contributed by atoms with Crippen molar-refractivity contribution in [2.75, 3.05) is 0 Å². The predicted molar refractivity (Wildman–Crippen MR) is 121 cm³/mol. The Morgan fingerprint density at radius 3 is 2.12 bits per heavy atom. The highest BCUT2D eigenvalue weighted by atomic mass is 16.3. The van der Waals surface area contributed by atoms with E-state index in [0.29, 0.717) is 12.1 Å². The van der Waals surface area contributed by atoms with Crippen LogP contribution in [0.4, 0.5) is 0 Å². The van der Waals surface area contributed by atoms with Crippen molar-refractivity contribution < 1.29 is 14.7 Å². The first-order valence-electron chi connectivity index (χ1n) is 10.2. The Bertz CT molecular complexity index is 1100. The summed E-state index contributed by atoms with van der Waals surface area (Å²) in [7, 11) is 0. The first-order chi connectivity index (χ1) is 15.4. The van der Waals surface area contributed by atoms with Gasteiger partial charge >= 0.3 is 0 Å². The summed E-state index contributed by atoms with van der Waals surface area (Å²) in [5.74, 6) is -1.24. The molecular formula is C24H26N4O4. The van der Waals surface area contributed by atoms with E-state index in [9.17, 15) is 19.5 Å². The maximum atomic E-state index is 12.9. The lowest BCUT2D eigenvalue weighted by Gasteiger charge is -2.21. The van der Waals surface area contributed by atoms with Gasteiger partial charge in [-0.05, 0) is 17.5 Å². The van der Waals surface area contributed by atoms with Crippen molar-refractivity contribution in [1.29, 1.82) is 0 Å². The summed E-state index contributed by atoms with van der Waals surface area (Å²) < 4.78 is 0. The minimum Gasteiger partial charge on any atom is -0.503 e. The highest BCUT2D eigenvalue weighted by Gasteiger charge is 2.24. The van der Waals surface area contributed by atoms with Gasteiger partial charge < -0.3 is 26.5 Å². The zero-order valence-electron chi connectivity index (χ0n) is 17.5. The molecule has 2 amide bonds. The van der Waals surface area contributed by atoms with Crippen molar-refractivity contribution in [1.82, 2.24) is 15.6 Å². The van der Waals surface area contributed by atoms with E-state index in [1.165, 1.54) is 6.07 Å². The number of hydrogen-bond donors (Lipinski definition) is 5. The fourth-order valence-electron chi connectivity index (χ4n) is 3.21. The molecule has 2 atom stereocenters. The van der Waals surface area contributed by atoms with E-state index in [4.69, 9.17) is 5.73 Å². The van der Waals surface area contributed by atoms with Gasteiger partial charge in [0, 0.05) is 24.4 Å². The molecule has 8 nitrogen and oxygen atoms in total. The van der Waals surface area contributed by atoms with Gasteiger partial charge in [-0.1, -0.05) is 60.7 Å². The Kier molecular flexibility index (Phi) is 7.77. The maximum Gasteiger partial charge on any atom is 0.243 e. The normalized spacial score (nSPS) is 12.5. The average Bonchev–Trinajstić information content (AvgIpc) is 2.80. The van der Waals surface area contributed by atoms with E-state index in [1.54, 1.807) is 0 Å². The molecule has 0 saturated heterocycles. The fraction of sp³-hybridized carbons (Fsp3) is 0.208. The molecule has 0 aliphatic heterocycles. The molecule has 0 unspecified atom stereocenters. The van der Waals surface area contributed by atoms with Crippen LogP contribution in [0.15, 0.2) is 77.7 Å². The third kappa shape index (κ3) is 6.55. The number of aromatic nitrogens is 1. The SMILES string of the molecule is N[C@@H](Cc1ccccc1)C(=O)N[C@@H](Cc1ccccc1)C(=O)NCc1cc(=O)c(O)c[nH]1. The molecule has 0 aliphatic rings. The zero-order valence-corrected chi connectivity index (χ0v) is 17.5. The molecule has 6 N–H and O–H groups in total. The Morgan fingerprint density at radius 2 is 1.53 bits per heavy atom. The molecule has 0 radical (unpaired) electrons. The average molecular weight is 434 g/mol. The van der Waals surface area contributed by atoms with Gasteiger partial charge in [-0.15, -0.1) is 0 Å². The van der Waals surface area contributed by atoms with Gasteiger partial charge in [0.2, 0.25) is 17.2 Å². The van der Waals surface area contributed by atoms with Crippen LogP contribution in [-0.2, 0) is 29.0 Å². The predicted octanol–water partition coefficient (Wildman–Crippen LogP) is 0.994. The van der Waals surface area contributed by atoms with Crippen molar-refractivity contribution in [3.8, 4) is 5.75 Å². The minimum absolute atomic E-state index is 0.0333. The molecule has 32 heavy (non-hydrogen) atoms. The molecule has 1 aromatic heterocycles. The molecule has 166 valence electrons. The van der Waals surface area contributed by atoms with Crippen LogP contribution in [0.1, 0.15) is 16.8 Å². The molecular weight excluding hydrogens is 408 g/mol. The highest BCUT2D eigenvalue weighted by molar-refractivity contribution is 5.90. The van der Waals surface area contributed by atoms with Gasteiger partial charge in [0.1, 0.15) is 6.04 Å². The summed E-state index contributed by atoms with van der Waals surface area (Å²) in [4.78, 5) is 39.9. The van der Waals surface area contributed by atoms with E-state index >= 15 is 0 Å². The highest BCUT2D eigenvalue weighted by Crippen LogP contribution is 2.06. The molecule has 3 aromatic rings. The molecule has 0 spiro atoms. The Balaban J connectivity index is 1.67. The summed E-state index contributed by atoms with van der Waals surface area (Å²) >= 11 is 0. The second-order valence-electron chi connectivity index (χ2n) is 7.47. The van der Waals surface area contributed by atoms with Crippen LogP contribution in [0.2, 0.25) is 0 Å². The number of nitrogens with two attached hydrogens (primary N) is 1. The van der Waals surface area contributed by atoms with Crippen molar-refractivity contribution in [3.05, 3.63) is 100.0 Å². The largest absolute Gasteiger partial charge is 0.503 e. The number of rotatable bonds is 9. The number of benzene rings is 2. The maximum absolute atomic E-state index is 12.9. The number of carbonyl (C=O) groups is 2. The second kappa shape index (κ2) is 10.9. The van der Waals surface area contributed by atoms with E-state index in [1.807, 2.05) is 60.7 Å². The standard InChI is InChI=1S/C24H26N4O4/c25-19(11-16-7-3-1-4-8-16)23(31)28-20(12-17-9-5-2-6-10-17)24(32)27-14-18-13-21(29)22(30)15-26-18/h1-10,13,15,19-20,30H,11-12,14,25H2,(H,26,29)(H,27,32)(H,28,31)/t19-,20-/m0/s1. The van der Waals surface area contributed by atoms with Gasteiger partial charge in [0.05, 0.1) is 12.6 Å². The lowest BCUT2D eigenvalue weighted by atomic mass is 10.0. The molecule has 0 fully saturated rings. The number of aromatic amines is 1. The molecule has 0 aliphatic carbocycles. The molecule has 2 aromatic carbocycles. The fourth-order valence-corrected chi connectivity index (χ4v) is 3.21. The van der Waals surface area contributed by atoms with E-state index < -0.39 is 35.1 Å². The van der Waals surface area contributed by atoms with Gasteiger partial charge in [-0.3, -0.25) is 14.4 Å². The van der Waals surface area contributed by atoms with Crippen LogP contribution in [0.5, 0.6) is 5.75 Å². The van der Waals surface area contributed by atoms with Crippen LogP contribution in [-0.4, -0.2) is 34.0 Å². The molecule has 0 bridgehead atoms. The third-order valence-corrected chi connectivity index (χ3v) is 4.96. The smallest absolute Gasteiger partial charge is 0.243 e. The van der Waals surface area contributed by atoms with Crippen molar-refractivity contribution in [2.24, 2.45) is 5.73 Å². The van der Waals surface area contributed by atoms with Crippen LogP contribution in [0, 0.1) is 0 Å². The summed E-state index contributed by atoms with van der Waals surface area (Å²) in [5, 5.41) is 14.8. The van der Waals surface area contributed by atoms with Gasteiger partial charge in [0.25, 0.3) is 0 Å². The number of carbonyl (C=O) groups excluding carboxylic acids is 2. The Labute approximate surface area is 185 Å². The number of amides is 2. The second-order valence-corrected chi connectivity index (χ2v) is 7.47. The number of H-pyrrole nitrogens is 1. The van der Waals surface area contributed by atoms with Crippen LogP contribution in [0.25, 0.3) is 0 Å². The Hall–Kier alpha value is -3.91. The lowest BCUT2D eigenvalue weighted by molar-refractivity contribution is -0.129. The number of nitrogens with one attached hydrogen (secondary N) is 3. The quantitative estimate of drug-likeness (QED) is 0.342. The zero-order chi connectivity index (χ0) is 22.9. The van der Waals surface area contributed by atoms with E-state index in [0.717, 1.165) is 17.3 Å². The topological polar surface area (TPSA) is 137 Å². The van der Waals surface area contributed by atoms with E-state index in [-0.39, 0.29) is 13.0 Å². The van der Waals surface area contributed by atoms with Gasteiger partial charge in [0.15, 0.2) is 5.75 Å². The van der Waals surface area contributed by atoms with Crippen LogP contribution in [0.3, 0.4) is 0 Å². The third-order valence-electron chi connectivity index (χ3n) is 4.96. The summed E-state index contributed by atoms with van der Waals surface area (Å²) in [6.07, 6.45) is 1.79. The number of hydrogen-bond acceptors (Lipinski definition) is 5. The molecule has 1 heterocycles. The first-order valence-corrected chi connectivity index (χ1v) is 10.2. The summed E-state index contributed by atoms with van der Waals surface area (Å²) in [6, 6.07) is 18.3. The van der Waals surface area contributed by atoms with Gasteiger partial charge in [-0.2, -0.15) is 0 Å². The van der Waals surface area contributed by atoms with Crippen molar-refractivity contribution in [2.45, 2.75) is 31.5 Å². The first kappa shape index (κ1) is 22.8. The molecule has 8 heteroatoms. The molecule has 3 rings (SSSR count). The van der Waals surface area contributed by atoms with Gasteiger partial charge in [-0.25, -0.2) is 0 Å². The lowest BCUT2D eigenvalue weighted by Crippen LogP contribution is -2.53. The number of pyridine rings is 1. The van der Waals surface area contributed by atoms with Crippen LogP contribution < -0.4 is 21.8 Å². The summed E-state index contributed by atoms with van der Waals surface area (Å²) in [6.45, 7) is 0.0333. The van der Waals surface area contributed by atoms with Crippen molar-refractivity contribution >= 4 is 11.8 Å². The minimum atomic E-state index is -0.851. The summed E-state index contributed by atoms with van der Waals surface area (Å²) in [5.41, 5.74) is 7.76.